The zero-order valence-corrected chi connectivity index (χ0v) is 13.8. The van der Waals surface area contributed by atoms with Gasteiger partial charge in [-0.15, -0.1) is 0 Å². The Morgan fingerprint density at radius 1 is 0.818 bits per heavy atom. The van der Waals surface area contributed by atoms with Crippen molar-refractivity contribution in [3.63, 3.8) is 0 Å². The van der Waals surface area contributed by atoms with Crippen LogP contribution in [0.5, 0.6) is 0 Å². The summed E-state index contributed by atoms with van der Waals surface area (Å²) < 4.78 is 0. The Kier molecular flexibility index (Phi) is 3.98. The van der Waals surface area contributed by atoms with E-state index in [1.807, 2.05) is 6.20 Å². The Morgan fingerprint density at radius 3 is 2.18 bits per heavy atom. The second-order valence-corrected chi connectivity index (χ2v) is 6.57. The van der Waals surface area contributed by atoms with Gasteiger partial charge in [0.25, 0.3) is 0 Å². The van der Waals surface area contributed by atoms with Crippen LogP contribution < -0.4 is 0 Å². The fourth-order valence-corrected chi connectivity index (χ4v) is 2.90. The second-order valence-electron chi connectivity index (χ2n) is 6.57. The van der Waals surface area contributed by atoms with Crippen molar-refractivity contribution in [3.05, 3.63) is 65.9 Å². The number of hydrogen-bond acceptors (Lipinski definition) is 1. The number of fused-ring (bicyclic) bond motifs is 1. The smallest absolute Gasteiger partial charge is 0.0708 e. The highest BCUT2D eigenvalue weighted by Crippen LogP contribution is 2.28. The molecule has 2 aromatic carbocycles. The Morgan fingerprint density at radius 2 is 1.55 bits per heavy atom. The molecule has 0 aliphatic carbocycles. The van der Waals surface area contributed by atoms with E-state index in [9.17, 15) is 0 Å². The number of aromatic nitrogens is 1. The minimum atomic E-state index is 0.515. The van der Waals surface area contributed by atoms with Crippen LogP contribution in [0, 0.1) is 0 Å². The fraction of sp³-hybridized carbons (Fsp3) is 0.286. The van der Waals surface area contributed by atoms with Crippen LogP contribution in [0.25, 0.3) is 22.0 Å². The van der Waals surface area contributed by atoms with Crippen molar-refractivity contribution < 1.29 is 0 Å². The normalized spacial score (nSPS) is 11.5. The van der Waals surface area contributed by atoms with Gasteiger partial charge < -0.3 is 0 Å². The molecule has 3 rings (SSSR count). The number of rotatable bonds is 3. The summed E-state index contributed by atoms with van der Waals surface area (Å²) in [5, 5.41) is 2.53. The molecular weight excluding hydrogens is 266 g/mol. The molecular formula is C21H23N. The molecule has 112 valence electrons. The third-order valence-corrected chi connectivity index (χ3v) is 4.29. The van der Waals surface area contributed by atoms with E-state index in [2.05, 4.69) is 76.2 Å². The Hall–Kier alpha value is -2.15. The molecule has 3 aromatic rings. The molecule has 0 saturated carbocycles. The van der Waals surface area contributed by atoms with Crippen LogP contribution in [0.1, 0.15) is 50.7 Å². The van der Waals surface area contributed by atoms with E-state index >= 15 is 0 Å². The standard InChI is InChI=1S/C21H23N/c1-14(2)16-8-10-17(11-9-16)21-12-18-6-5-7-19(15(3)4)20(18)13-22-21/h5-15H,1-4H3. The van der Waals surface area contributed by atoms with Crippen molar-refractivity contribution in [2.75, 3.05) is 0 Å². The first-order valence-corrected chi connectivity index (χ1v) is 8.05. The molecule has 0 bridgehead atoms. The summed E-state index contributed by atoms with van der Waals surface area (Å²) in [6.07, 6.45) is 2.02. The maximum absolute atomic E-state index is 4.69. The van der Waals surface area contributed by atoms with Gasteiger partial charge in [-0.05, 0) is 34.4 Å². The number of benzene rings is 2. The largest absolute Gasteiger partial charge is 0.256 e. The van der Waals surface area contributed by atoms with E-state index < -0.39 is 0 Å². The number of pyridine rings is 1. The molecule has 1 heterocycles. The summed E-state index contributed by atoms with van der Waals surface area (Å²) in [6, 6.07) is 17.5. The SMILES string of the molecule is CC(C)c1ccc(-c2cc3cccc(C(C)C)c3cn2)cc1. The summed E-state index contributed by atoms with van der Waals surface area (Å²) in [5.41, 5.74) is 4.96. The van der Waals surface area contributed by atoms with Crippen molar-refractivity contribution in [2.24, 2.45) is 0 Å². The Balaban J connectivity index is 2.05. The van der Waals surface area contributed by atoms with E-state index in [1.54, 1.807) is 0 Å². The molecule has 0 radical (unpaired) electrons. The second kappa shape index (κ2) is 5.92. The van der Waals surface area contributed by atoms with Crippen LogP contribution in [0.4, 0.5) is 0 Å². The summed E-state index contributed by atoms with van der Waals surface area (Å²) >= 11 is 0. The molecule has 0 amide bonds. The summed E-state index contributed by atoms with van der Waals surface area (Å²) in [6.45, 7) is 8.90. The highest BCUT2D eigenvalue weighted by Gasteiger charge is 2.07. The number of hydrogen-bond donors (Lipinski definition) is 0. The van der Waals surface area contributed by atoms with Gasteiger partial charge in [-0.2, -0.15) is 0 Å². The molecule has 0 aliphatic rings. The van der Waals surface area contributed by atoms with Crippen LogP contribution in [0.3, 0.4) is 0 Å². The predicted molar refractivity (Wildman–Crippen MR) is 95.4 cm³/mol. The number of nitrogens with zero attached hydrogens (tertiary/aromatic N) is 1. The minimum Gasteiger partial charge on any atom is -0.256 e. The van der Waals surface area contributed by atoms with E-state index in [4.69, 9.17) is 4.98 Å². The zero-order chi connectivity index (χ0) is 15.7. The third kappa shape index (κ3) is 2.76. The Bertz CT molecular complexity index is 783. The van der Waals surface area contributed by atoms with Gasteiger partial charge >= 0.3 is 0 Å². The fourth-order valence-electron chi connectivity index (χ4n) is 2.90. The molecule has 1 heteroatoms. The van der Waals surface area contributed by atoms with Crippen molar-refractivity contribution in [3.8, 4) is 11.3 Å². The zero-order valence-electron chi connectivity index (χ0n) is 13.8. The summed E-state index contributed by atoms with van der Waals surface area (Å²) in [5.74, 6) is 1.08. The van der Waals surface area contributed by atoms with Crippen LogP contribution in [-0.2, 0) is 0 Å². The molecule has 0 saturated heterocycles. The van der Waals surface area contributed by atoms with Gasteiger partial charge in [0.15, 0.2) is 0 Å². The molecule has 22 heavy (non-hydrogen) atoms. The van der Waals surface area contributed by atoms with Gasteiger partial charge in [-0.3, -0.25) is 4.98 Å². The highest BCUT2D eigenvalue weighted by molar-refractivity contribution is 5.88. The highest BCUT2D eigenvalue weighted by atomic mass is 14.7. The first kappa shape index (κ1) is 14.8. The lowest BCUT2D eigenvalue weighted by Crippen LogP contribution is -1.92. The lowest BCUT2D eigenvalue weighted by Gasteiger charge is -2.11. The van der Waals surface area contributed by atoms with Gasteiger partial charge in [0.05, 0.1) is 5.69 Å². The average Bonchev–Trinajstić information content (AvgIpc) is 2.53. The molecule has 0 atom stereocenters. The van der Waals surface area contributed by atoms with Crippen molar-refractivity contribution in [1.29, 1.82) is 0 Å². The molecule has 0 spiro atoms. The quantitative estimate of drug-likeness (QED) is 0.563. The van der Waals surface area contributed by atoms with Gasteiger partial charge in [-0.25, -0.2) is 0 Å². The van der Waals surface area contributed by atoms with Gasteiger partial charge in [0.2, 0.25) is 0 Å². The van der Waals surface area contributed by atoms with Crippen LogP contribution in [0.15, 0.2) is 54.7 Å². The van der Waals surface area contributed by atoms with E-state index in [1.165, 1.54) is 27.5 Å². The monoisotopic (exact) mass is 289 g/mol. The first-order valence-electron chi connectivity index (χ1n) is 8.05. The third-order valence-electron chi connectivity index (χ3n) is 4.29. The first-order chi connectivity index (χ1) is 10.6. The molecule has 0 unspecified atom stereocenters. The van der Waals surface area contributed by atoms with E-state index in [-0.39, 0.29) is 0 Å². The molecule has 0 N–H and O–H groups in total. The lowest BCUT2D eigenvalue weighted by atomic mass is 9.96. The summed E-state index contributed by atoms with van der Waals surface area (Å²) in [7, 11) is 0. The van der Waals surface area contributed by atoms with Crippen molar-refractivity contribution in [2.45, 2.75) is 39.5 Å². The maximum atomic E-state index is 4.69. The van der Waals surface area contributed by atoms with Crippen LogP contribution in [0.2, 0.25) is 0 Å². The van der Waals surface area contributed by atoms with Crippen LogP contribution >= 0.6 is 0 Å². The van der Waals surface area contributed by atoms with Crippen molar-refractivity contribution >= 4 is 10.8 Å². The minimum absolute atomic E-state index is 0.515. The topological polar surface area (TPSA) is 12.9 Å². The predicted octanol–water partition coefficient (Wildman–Crippen LogP) is 6.15. The van der Waals surface area contributed by atoms with Gasteiger partial charge in [0.1, 0.15) is 0 Å². The van der Waals surface area contributed by atoms with E-state index in [0.29, 0.717) is 11.8 Å². The summed E-state index contributed by atoms with van der Waals surface area (Å²) in [4.78, 5) is 4.69. The molecule has 1 aromatic heterocycles. The van der Waals surface area contributed by atoms with Gasteiger partial charge in [0, 0.05) is 17.1 Å². The lowest BCUT2D eigenvalue weighted by molar-refractivity contribution is 0.867. The van der Waals surface area contributed by atoms with Crippen molar-refractivity contribution in [1.82, 2.24) is 4.98 Å². The maximum Gasteiger partial charge on any atom is 0.0708 e. The molecule has 0 fully saturated rings. The molecule has 1 nitrogen and oxygen atoms in total. The van der Waals surface area contributed by atoms with Crippen LogP contribution in [-0.4, -0.2) is 4.98 Å². The Labute approximate surface area is 133 Å². The molecule has 0 aliphatic heterocycles. The van der Waals surface area contributed by atoms with E-state index in [0.717, 1.165) is 5.69 Å². The van der Waals surface area contributed by atoms with Gasteiger partial charge in [-0.1, -0.05) is 70.2 Å². The average molecular weight is 289 g/mol.